The molecule has 7 nitrogen and oxygen atoms in total. The molecule has 0 aliphatic rings. The van der Waals surface area contributed by atoms with Gasteiger partial charge in [0.05, 0.1) is 52.0 Å². The van der Waals surface area contributed by atoms with E-state index in [1.807, 2.05) is 46.6 Å². The maximum absolute atomic E-state index is 5.54. The van der Waals surface area contributed by atoms with Crippen LogP contribution in [-0.4, -0.2) is 48.8 Å². The van der Waals surface area contributed by atoms with E-state index in [1.165, 1.54) is 0 Å². The lowest BCUT2D eigenvalue weighted by atomic mass is 10.6. The largest absolute Gasteiger partial charge is 0.377 e. The van der Waals surface area contributed by atoms with Gasteiger partial charge in [0.15, 0.2) is 0 Å². The zero-order valence-electron chi connectivity index (χ0n) is 14.7. The highest BCUT2D eigenvalue weighted by Crippen LogP contribution is 1.86. The van der Waals surface area contributed by atoms with Crippen LogP contribution in [0.3, 0.4) is 0 Å². The lowest BCUT2D eigenvalue weighted by molar-refractivity contribution is -0.697. The first kappa shape index (κ1) is 19.1. The lowest BCUT2D eigenvalue weighted by Gasteiger charge is -2.05. The minimum atomic E-state index is 0.582. The van der Waals surface area contributed by atoms with Gasteiger partial charge in [0.2, 0.25) is 12.7 Å². The summed E-state index contributed by atoms with van der Waals surface area (Å²) in [4.78, 5) is 0. The zero-order valence-corrected chi connectivity index (χ0v) is 14.7. The molecule has 0 atom stereocenters. The van der Waals surface area contributed by atoms with Gasteiger partial charge in [-0.05, 0) is 0 Å². The SMILES string of the molecule is C=Cn1cc[n+](CCOCCOCCOCC[n+]2ccn(C=C)c2)c1. The summed E-state index contributed by atoms with van der Waals surface area (Å²) >= 11 is 0. The van der Waals surface area contributed by atoms with Gasteiger partial charge in [-0.15, -0.1) is 0 Å². The van der Waals surface area contributed by atoms with Crippen molar-refractivity contribution >= 4 is 12.4 Å². The van der Waals surface area contributed by atoms with Gasteiger partial charge in [-0.25, -0.2) is 18.3 Å². The molecular weight excluding hydrogens is 320 g/mol. The third kappa shape index (κ3) is 7.47. The Morgan fingerprint density at radius 3 is 1.44 bits per heavy atom. The minimum absolute atomic E-state index is 0.582. The molecular formula is C18H28N4O3+2. The van der Waals surface area contributed by atoms with Crippen LogP contribution < -0.4 is 9.13 Å². The van der Waals surface area contributed by atoms with Crippen LogP contribution >= 0.6 is 0 Å². The van der Waals surface area contributed by atoms with E-state index in [0.717, 1.165) is 13.1 Å². The highest BCUT2D eigenvalue weighted by molar-refractivity contribution is 5.13. The van der Waals surface area contributed by atoms with Gasteiger partial charge >= 0.3 is 0 Å². The summed E-state index contributed by atoms with van der Waals surface area (Å²) in [5, 5.41) is 0. The van der Waals surface area contributed by atoms with Gasteiger partial charge in [-0.2, -0.15) is 0 Å². The van der Waals surface area contributed by atoms with E-state index in [2.05, 4.69) is 22.3 Å². The van der Waals surface area contributed by atoms with Gasteiger partial charge in [-0.1, -0.05) is 13.2 Å². The van der Waals surface area contributed by atoms with Crippen LogP contribution in [0.2, 0.25) is 0 Å². The van der Waals surface area contributed by atoms with Crippen molar-refractivity contribution in [2.24, 2.45) is 0 Å². The van der Waals surface area contributed by atoms with Crippen molar-refractivity contribution in [3.05, 3.63) is 50.6 Å². The van der Waals surface area contributed by atoms with E-state index in [0.29, 0.717) is 39.6 Å². The topological polar surface area (TPSA) is 45.3 Å². The normalized spacial score (nSPS) is 10.9. The molecule has 0 fully saturated rings. The summed E-state index contributed by atoms with van der Waals surface area (Å²) in [6, 6.07) is 0. The van der Waals surface area contributed by atoms with Gasteiger partial charge in [-0.3, -0.25) is 0 Å². The third-order valence-corrected chi connectivity index (χ3v) is 3.58. The molecule has 2 aromatic rings. The first-order valence-electron chi connectivity index (χ1n) is 8.43. The number of aromatic nitrogens is 4. The van der Waals surface area contributed by atoms with Crippen molar-refractivity contribution in [2.75, 3.05) is 39.6 Å². The molecule has 0 aliphatic carbocycles. The first-order chi connectivity index (χ1) is 12.3. The van der Waals surface area contributed by atoms with Crippen LogP contribution in [0.5, 0.6) is 0 Å². The standard InChI is InChI=1S/C18H28N4O3/c1-3-19-5-7-21(17-19)9-11-23-13-15-25-16-14-24-12-10-22-8-6-20(4-2)18-22/h3-8,17-18H,1-2,9-16H2/q+2. The summed E-state index contributed by atoms with van der Waals surface area (Å²) in [5.74, 6) is 0. The average molecular weight is 348 g/mol. The third-order valence-electron chi connectivity index (χ3n) is 3.58. The van der Waals surface area contributed by atoms with Gasteiger partial charge in [0.25, 0.3) is 0 Å². The van der Waals surface area contributed by atoms with Crippen molar-refractivity contribution in [2.45, 2.75) is 13.1 Å². The lowest BCUT2D eigenvalue weighted by Crippen LogP contribution is -2.34. The second-order valence-corrected chi connectivity index (χ2v) is 5.40. The molecule has 0 radical (unpaired) electrons. The minimum Gasteiger partial charge on any atom is -0.377 e. The Hall–Kier alpha value is -2.22. The van der Waals surface area contributed by atoms with Crippen LogP contribution in [0.25, 0.3) is 12.4 Å². The van der Waals surface area contributed by atoms with E-state index in [4.69, 9.17) is 14.2 Å². The smallest absolute Gasteiger partial charge is 0.248 e. The molecule has 0 amide bonds. The maximum Gasteiger partial charge on any atom is 0.248 e. The Morgan fingerprint density at radius 1 is 0.680 bits per heavy atom. The van der Waals surface area contributed by atoms with Crippen molar-refractivity contribution < 1.29 is 23.3 Å². The molecule has 0 saturated carbocycles. The van der Waals surface area contributed by atoms with Crippen molar-refractivity contribution in [3.63, 3.8) is 0 Å². The Bertz CT molecular complexity index is 582. The molecule has 0 aromatic carbocycles. The van der Waals surface area contributed by atoms with Gasteiger partial charge < -0.3 is 14.2 Å². The first-order valence-corrected chi connectivity index (χ1v) is 8.43. The molecule has 0 spiro atoms. The Morgan fingerprint density at radius 2 is 1.08 bits per heavy atom. The Balaban J connectivity index is 1.37. The van der Waals surface area contributed by atoms with Crippen LogP contribution in [0.15, 0.2) is 50.6 Å². The van der Waals surface area contributed by atoms with Gasteiger partial charge in [0, 0.05) is 0 Å². The Labute approximate surface area is 149 Å². The highest BCUT2D eigenvalue weighted by Gasteiger charge is 2.01. The molecule has 0 N–H and O–H groups in total. The molecule has 25 heavy (non-hydrogen) atoms. The molecule has 0 bridgehead atoms. The van der Waals surface area contributed by atoms with Crippen molar-refractivity contribution in [1.29, 1.82) is 0 Å². The number of rotatable bonds is 14. The summed E-state index contributed by atoms with van der Waals surface area (Å²) in [7, 11) is 0. The quantitative estimate of drug-likeness (QED) is 0.375. The van der Waals surface area contributed by atoms with E-state index in [-0.39, 0.29) is 0 Å². The molecule has 2 heterocycles. The number of hydrogen-bond acceptors (Lipinski definition) is 3. The molecule has 136 valence electrons. The second-order valence-electron chi connectivity index (χ2n) is 5.40. The van der Waals surface area contributed by atoms with Gasteiger partial charge in [0.1, 0.15) is 37.9 Å². The summed E-state index contributed by atoms with van der Waals surface area (Å²) in [6.07, 6.45) is 15.3. The molecule has 2 aromatic heterocycles. The number of hydrogen-bond donors (Lipinski definition) is 0. The molecule has 0 aliphatic heterocycles. The molecule has 0 unspecified atom stereocenters. The van der Waals surface area contributed by atoms with Crippen LogP contribution in [0.1, 0.15) is 0 Å². The van der Waals surface area contributed by atoms with E-state index in [1.54, 1.807) is 12.4 Å². The van der Waals surface area contributed by atoms with Crippen LogP contribution in [0, 0.1) is 0 Å². The maximum atomic E-state index is 5.54. The molecule has 0 saturated heterocycles. The Kier molecular flexibility index (Phi) is 8.68. The van der Waals surface area contributed by atoms with Crippen molar-refractivity contribution in [3.8, 4) is 0 Å². The van der Waals surface area contributed by atoms with E-state index in [9.17, 15) is 0 Å². The predicted octanol–water partition coefficient (Wildman–Crippen LogP) is 0.816. The summed E-state index contributed by atoms with van der Waals surface area (Å²) in [5.41, 5.74) is 0. The monoisotopic (exact) mass is 348 g/mol. The van der Waals surface area contributed by atoms with Crippen molar-refractivity contribution in [1.82, 2.24) is 9.13 Å². The van der Waals surface area contributed by atoms with Crippen LogP contribution in [-0.2, 0) is 27.3 Å². The fraction of sp³-hybridized carbons (Fsp3) is 0.444. The zero-order chi connectivity index (χ0) is 17.7. The number of ether oxygens (including phenoxy) is 3. The summed E-state index contributed by atoms with van der Waals surface area (Å²) in [6.45, 7) is 12.7. The average Bonchev–Trinajstić information content (AvgIpc) is 3.28. The summed E-state index contributed by atoms with van der Waals surface area (Å²) < 4.78 is 24.5. The van der Waals surface area contributed by atoms with E-state index >= 15 is 0 Å². The van der Waals surface area contributed by atoms with E-state index < -0.39 is 0 Å². The highest BCUT2D eigenvalue weighted by atomic mass is 16.5. The fourth-order valence-corrected chi connectivity index (χ4v) is 2.18. The number of imidazole rings is 2. The molecule has 7 heteroatoms. The predicted molar refractivity (Wildman–Crippen MR) is 94.5 cm³/mol. The fourth-order valence-electron chi connectivity index (χ4n) is 2.18. The number of nitrogens with zero attached hydrogens (tertiary/aromatic N) is 4. The van der Waals surface area contributed by atoms with Crippen LogP contribution in [0.4, 0.5) is 0 Å². The second kappa shape index (κ2) is 11.4. The molecule has 2 rings (SSSR count).